The molecule has 1 heterocycles. The van der Waals surface area contributed by atoms with Crippen molar-refractivity contribution in [2.75, 3.05) is 7.11 Å². The molecule has 0 amide bonds. The Kier molecular flexibility index (Phi) is 2.07. The standard InChI is InChI=1S/C10H8ClNO/c1-13-7-5-9(11)8-3-2-4-12-10(8)6-7/h2-6H,1H3. The number of halogens is 1. The number of ether oxygens (including phenoxy) is 1. The van der Waals surface area contributed by atoms with E-state index < -0.39 is 0 Å². The highest BCUT2D eigenvalue weighted by Gasteiger charge is 2.01. The van der Waals surface area contributed by atoms with Crippen molar-refractivity contribution in [1.82, 2.24) is 4.98 Å². The van der Waals surface area contributed by atoms with E-state index >= 15 is 0 Å². The van der Waals surface area contributed by atoms with Gasteiger partial charge in [-0.25, -0.2) is 0 Å². The summed E-state index contributed by atoms with van der Waals surface area (Å²) in [5, 5.41) is 1.62. The molecule has 0 unspecified atom stereocenters. The molecule has 0 atom stereocenters. The number of hydrogen-bond acceptors (Lipinski definition) is 2. The summed E-state index contributed by atoms with van der Waals surface area (Å²) in [6.45, 7) is 0. The molecule has 0 aliphatic rings. The molecule has 0 spiro atoms. The normalized spacial score (nSPS) is 10.3. The fourth-order valence-electron chi connectivity index (χ4n) is 1.23. The Morgan fingerprint density at radius 2 is 2.23 bits per heavy atom. The quantitative estimate of drug-likeness (QED) is 0.695. The summed E-state index contributed by atoms with van der Waals surface area (Å²) in [6, 6.07) is 7.44. The second kappa shape index (κ2) is 3.23. The van der Waals surface area contributed by atoms with Crippen molar-refractivity contribution in [2.24, 2.45) is 0 Å². The SMILES string of the molecule is COc1cc(Cl)c2cccnc2c1. The average Bonchev–Trinajstić information content (AvgIpc) is 2.18. The van der Waals surface area contributed by atoms with Gasteiger partial charge in [-0.1, -0.05) is 11.6 Å². The fraction of sp³-hybridized carbons (Fsp3) is 0.100. The van der Waals surface area contributed by atoms with E-state index in [1.807, 2.05) is 18.2 Å². The Balaban J connectivity index is 2.77. The van der Waals surface area contributed by atoms with Gasteiger partial charge in [-0.3, -0.25) is 4.98 Å². The number of pyridine rings is 1. The van der Waals surface area contributed by atoms with E-state index in [1.165, 1.54) is 0 Å². The summed E-state index contributed by atoms with van der Waals surface area (Å²) in [7, 11) is 1.61. The van der Waals surface area contributed by atoms with Gasteiger partial charge in [0.1, 0.15) is 5.75 Å². The van der Waals surface area contributed by atoms with Crippen molar-refractivity contribution in [2.45, 2.75) is 0 Å². The van der Waals surface area contributed by atoms with Crippen molar-refractivity contribution in [3.05, 3.63) is 35.5 Å². The topological polar surface area (TPSA) is 22.1 Å². The van der Waals surface area contributed by atoms with Crippen molar-refractivity contribution >= 4 is 22.5 Å². The maximum absolute atomic E-state index is 6.02. The number of benzene rings is 1. The van der Waals surface area contributed by atoms with Gasteiger partial charge in [0.05, 0.1) is 17.6 Å². The lowest BCUT2D eigenvalue weighted by molar-refractivity contribution is 0.415. The molecular weight excluding hydrogens is 186 g/mol. The molecule has 13 heavy (non-hydrogen) atoms. The Hall–Kier alpha value is -1.28. The van der Waals surface area contributed by atoms with Gasteiger partial charge >= 0.3 is 0 Å². The lowest BCUT2D eigenvalue weighted by Crippen LogP contribution is -1.84. The molecule has 0 saturated carbocycles. The van der Waals surface area contributed by atoms with Crippen molar-refractivity contribution in [3.8, 4) is 5.75 Å². The highest BCUT2D eigenvalue weighted by Crippen LogP contribution is 2.27. The molecule has 0 bridgehead atoms. The molecular formula is C10H8ClNO. The zero-order chi connectivity index (χ0) is 9.26. The molecule has 0 saturated heterocycles. The Morgan fingerprint density at radius 1 is 1.38 bits per heavy atom. The number of rotatable bonds is 1. The van der Waals surface area contributed by atoms with E-state index in [4.69, 9.17) is 16.3 Å². The smallest absolute Gasteiger partial charge is 0.122 e. The van der Waals surface area contributed by atoms with Gasteiger partial charge in [0.25, 0.3) is 0 Å². The molecule has 0 aliphatic heterocycles. The Labute approximate surface area is 81.1 Å². The molecule has 66 valence electrons. The molecule has 2 nitrogen and oxygen atoms in total. The molecule has 0 radical (unpaired) electrons. The lowest BCUT2D eigenvalue weighted by atomic mass is 10.2. The zero-order valence-electron chi connectivity index (χ0n) is 7.12. The lowest BCUT2D eigenvalue weighted by Gasteiger charge is -2.03. The summed E-state index contributed by atoms with van der Waals surface area (Å²) in [5.74, 6) is 0.733. The van der Waals surface area contributed by atoms with Crippen LogP contribution in [0, 0.1) is 0 Å². The van der Waals surface area contributed by atoms with Gasteiger partial charge in [0.15, 0.2) is 0 Å². The van der Waals surface area contributed by atoms with E-state index in [1.54, 1.807) is 19.4 Å². The van der Waals surface area contributed by atoms with Crippen LogP contribution in [0.25, 0.3) is 10.9 Å². The van der Waals surface area contributed by atoms with Crippen molar-refractivity contribution in [1.29, 1.82) is 0 Å². The van der Waals surface area contributed by atoms with Crippen LogP contribution >= 0.6 is 11.6 Å². The van der Waals surface area contributed by atoms with Crippen LogP contribution in [-0.2, 0) is 0 Å². The summed E-state index contributed by atoms with van der Waals surface area (Å²) in [5.41, 5.74) is 0.854. The maximum Gasteiger partial charge on any atom is 0.122 e. The maximum atomic E-state index is 6.02. The van der Waals surface area contributed by atoms with Crippen LogP contribution in [0.4, 0.5) is 0 Å². The van der Waals surface area contributed by atoms with Crippen LogP contribution in [0.5, 0.6) is 5.75 Å². The summed E-state index contributed by atoms with van der Waals surface area (Å²) < 4.78 is 5.08. The first kappa shape index (κ1) is 8.32. The van der Waals surface area contributed by atoms with Crippen LogP contribution < -0.4 is 4.74 Å². The van der Waals surface area contributed by atoms with Gasteiger partial charge in [-0.15, -0.1) is 0 Å². The second-order valence-corrected chi connectivity index (χ2v) is 3.09. The first-order valence-electron chi connectivity index (χ1n) is 3.89. The zero-order valence-corrected chi connectivity index (χ0v) is 7.88. The van der Waals surface area contributed by atoms with Gasteiger partial charge in [-0.2, -0.15) is 0 Å². The van der Waals surface area contributed by atoms with Crippen LogP contribution in [-0.4, -0.2) is 12.1 Å². The van der Waals surface area contributed by atoms with E-state index in [9.17, 15) is 0 Å². The third kappa shape index (κ3) is 1.45. The summed E-state index contributed by atoms with van der Waals surface area (Å²) >= 11 is 6.02. The third-order valence-corrected chi connectivity index (χ3v) is 2.19. The van der Waals surface area contributed by atoms with Crippen LogP contribution in [0.3, 0.4) is 0 Å². The number of fused-ring (bicyclic) bond motifs is 1. The molecule has 1 aromatic carbocycles. The minimum Gasteiger partial charge on any atom is -0.497 e. The van der Waals surface area contributed by atoms with E-state index in [0.29, 0.717) is 5.02 Å². The highest BCUT2D eigenvalue weighted by molar-refractivity contribution is 6.35. The average molecular weight is 194 g/mol. The predicted octanol–water partition coefficient (Wildman–Crippen LogP) is 2.90. The molecule has 0 N–H and O–H groups in total. The molecule has 3 heteroatoms. The number of aromatic nitrogens is 1. The first-order chi connectivity index (χ1) is 6.31. The van der Waals surface area contributed by atoms with Crippen molar-refractivity contribution < 1.29 is 4.74 Å². The fourth-order valence-corrected chi connectivity index (χ4v) is 1.50. The third-order valence-electron chi connectivity index (χ3n) is 1.88. The van der Waals surface area contributed by atoms with Crippen LogP contribution in [0.2, 0.25) is 5.02 Å². The highest BCUT2D eigenvalue weighted by atomic mass is 35.5. The predicted molar refractivity (Wildman–Crippen MR) is 53.3 cm³/mol. The second-order valence-electron chi connectivity index (χ2n) is 2.68. The number of nitrogens with zero attached hydrogens (tertiary/aromatic N) is 1. The van der Waals surface area contributed by atoms with E-state index in [0.717, 1.165) is 16.7 Å². The van der Waals surface area contributed by atoms with Gasteiger partial charge in [0.2, 0.25) is 0 Å². The monoisotopic (exact) mass is 193 g/mol. The summed E-state index contributed by atoms with van der Waals surface area (Å²) in [6.07, 6.45) is 1.73. The Morgan fingerprint density at radius 3 is 3.00 bits per heavy atom. The molecule has 1 aromatic heterocycles. The van der Waals surface area contributed by atoms with E-state index in [-0.39, 0.29) is 0 Å². The minimum absolute atomic E-state index is 0.669. The van der Waals surface area contributed by atoms with Gasteiger partial charge < -0.3 is 4.74 Å². The summed E-state index contributed by atoms with van der Waals surface area (Å²) in [4.78, 5) is 4.19. The first-order valence-corrected chi connectivity index (χ1v) is 4.27. The van der Waals surface area contributed by atoms with E-state index in [2.05, 4.69) is 4.98 Å². The van der Waals surface area contributed by atoms with Crippen LogP contribution in [0.15, 0.2) is 30.5 Å². The molecule has 2 aromatic rings. The number of methoxy groups -OCH3 is 1. The van der Waals surface area contributed by atoms with Crippen LogP contribution in [0.1, 0.15) is 0 Å². The largest absolute Gasteiger partial charge is 0.497 e. The van der Waals surface area contributed by atoms with Gasteiger partial charge in [-0.05, 0) is 18.2 Å². The molecule has 0 fully saturated rings. The Bertz CT molecular complexity index is 442. The van der Waals surface area contributed by atoms with Gasteiger partial charge in [0, 0.05) is 17.6 Å². The molecule has 2 rings (SSSR count). The minimum atomic E-state index is 0.669. The van der Waals surface area contributed by atoms with Crippen molar-refractivity contribution in [3.63, 3.8) is 0 Å². The number of hydrogen-bond donors (Lipinski definition) is 0. The molecule has 0 aliphatic carbocycles.